The van der Waals surface area contributed by atoms with Gasteiger partial charge in [-0.3, -0.25) is 9.69 Å². The van der Waals surface area contributed by atoms with Gasteiger partial charge in [0.15, 0.2) is 0 Å². The summed E-state index contributed by atoms with van der Waals surface area (Å²) in [5, 5.41) is 17.6. The molecular weight excluding hydrogens is 527 g/mol. The standard InChI is InChI=1S/C25H26F3N3O6S/c1-24(2)22(33)30(19-4-3-17(16-29)21(15-19)25(26,27)28)23(38-34)31(24)18-5-7-20(8-6-18)37-14-13-36-12-11-35-10-9-32/h3-8,15,32H,9-14H2,1-2H3. The number of halogens is 3. The van der Waals surface area contributed by atoms with Gasteiger partial charge in [0.2, 0.25) is 5.11 Å². The van der Waals surface area contributed by atoms with Crippen LogP contribution in [0.3, 0.4) is 0 Å². The summed E-state index contributed by atoms with van der Waals surface area (Å²) in [7, 11) is 0. The van der Waals surface area contributed by atoms with Gasteiger partial charge in [0.05, 0.1) is 55.9 Å². The van der Waals surface area contributed by atoms with E-state index in [2.05, 4.69) is 0 Å². The third kappa shape index (κ3) is 6.33. The Morgan fingerprint density at radius 3 is 2.18 bits per heavy atom. The van der Waals surface area contributed by atoms with E-state index in [4.69, 9.17) is 24.6 Å². The average molecular weight is 554 g/mol. The van der Waals surface area contributed by atoms with Crippen molar-refractivity contribution in [3.8, 4) is 11.8 Å². The van der Waals surface area contributed by atoms with Crippen LogP contribution in [0.5, 0.6) is 5.75 Å². The Morgan fingerprint density at radius 1 is 1.00 bits per heavy atom. The lowest BCUT2D eigenvalue weighted by atomic mass is 10.0. The van der Waals surface area contributed by atoms with E-state index in [1.807, 2.05) is 0 Å². The Labute approximate surface area is 221 Å². The minimum absolute atomic E-state index is 0.0224. The van der Waals surface area contributed by atoms with Crippen LogP contribution in [0.1, 0.15) is 25.0 Å². The minimum atomic E-state index is -4.82. The Morgan fingerprint density at radius 2 is 1.61 bits per heavy atom. The molecule has 0 bridgehead atoms. The van der Waals surface area contributed by atoms with Crippen LogP contribution in [0.15, 0.2) is 42.5 Å². The maximum absolute atomic E-state index is 13.5. The number of nitriles is 1. The lowest BCUT2D eigenvalue weighted by Crippen LogP contribution is -2.44. The van der Waals surface area contributed by atoms with E-state index in [-0.39, 0.29) is 41.9 Å². The highest BCUT2D eigenvalue weighted by Gasteiger charge is 2.51. The fraction of sp³-hybridized carbons (Fsp3) is 0.400. The number of hydrogen-bond acceptors (Lipinski definition) is 7. The number of alkyl halides is 3. The van der Waals surface area contributed by atoms with Crippen LogP contribution >= 0.6 is 0 Å². The molecule has 0 radical (unpaired) electrons. The zero-order chi connectivity index (χ0) is 27.9. The van der Waals surface area contributed by atoms with Gasteiger partial charge < -0.3 is 24.2 Å². The van der Waals surface area contributed by atoms with Crippen molar-refractivity contribution in [1.82, 2.24) is 0 Å². The smallest absolute Gasteiger partial charge is 0.417 e. The number of hydrogen-bond donors (Lipinski definition) is 1. The first-order valence-corrected chi connectivity index (χ1v) is 12.2. The van der Waals surface area contributed by atoms with E-state index in [0.717, 1.165) is 11.0 Å². The van der Waals surface area contributed by atoms with E-state index < -0.39 is 28.7 Å². The van der Waals surface area contributed by atoms with Gasteiger partial charge in [-0.2, -0.15) is 18.4 Å². The van der Waals surface area contributed by atoms with Crippen LogP contribution in [0.4, 0.5) is 24.5 Å². The van der Waals surface area contributed by atoms with Gasteiger partial charge in [0.1, 0.15) is 29.2 Å². The summed E-state index contributed by atoms with van der Waals surface area (Å²) in [5.74, 6) is -0.0959. The molecule has 0 atom stereocenters. The number of aliphatic hydroxyl groups excluding tert-OH is 1. The maximum Gasteiger partial charge on any atom is 0.417 e. The van der Waals surface area contributed by atoms with Gasteiger partial charge in [-0.1, -0.05) is 0 Å². The molecule has 0 saturated carbocycles. The van der Waals surface area contributed by atoms with E-state index in [1.54, 1.807) is 38.1 Å². The molecule has 1 aliphatic heterocycles. The van der Waals surface area contributed by atoms with Crippen molar-refractivity contribution in [1.29, 1.82) is 5.26 Å². The molecule has 0 spiro atoms. The van der Waals surface area contributed by atoms with Crippen molar-refractivity contribution in [3.05, 3.63) is 53.6 Å². The van der Waals surface area contributed by atoms with Crippen molar-refractivity contribution in [3.63, 3.8) is 0 Å². The quantitative estimate of drug-likeness (QED) is 0.334. The Hall–Kier alpha value is -3.44. The topological polar surface area (TPSA) is 112 Å². The van der Waals surface area contributed by atoms with E-state index >= 15 is 0 Å². The second-order valence-electron chi connectivity index (χ2n) is 8.53. The fourth-order valence-corrected chi connectivity index (χ4v) is 4.50. The Bertz CT molecular complexity index is 1240. The maximum atomic E-state index is 13.5. The predicted molar refractivity (Wildman–Crippen MR) is 134 cm³/mol. The third-order valence-electron chi connectivity index (χ3n) is 5.63. The van der Waals surface area contributed by atoms with Gasteiger partial charge in [-0.05, 0) is 56.3 Å². The van der Waals surface area contributed by atoms with Gasteiger partial charge in [0.25, 0.3) is 5.91 Å². The van der Waals surface area contributed by atoms with Crippen molar-refractivity contribution >= 4 is 33.6 Å². The molecule has 1 aliphatic rings. The fourth-order valence-electron chi connectivity index (χ4n) is 3.83. The number of benzene rings is 2. The minimum Gasteiger partial charge on any atom is -0.491 e. The van der Waals surface area contributed by atoms with E-state index in [0.29, 0.717) is 37.3 Å². The Balaban J connectivity index is 1.78. The van der Waals surface area contributed by atoms with Crippen LogP contribution in [0.2, 0.25) is 0 Å². The second-order valence-corrected chi connectivity index (χ2v) is 9.06. The normalized spacial score (nSPS) is 15.1. The number of nitrogens with zero attached hydrogens (tertiary/aromatic N) is 3. The summed E-state index contributed by atoms with van der Waals surface area (Å²) in [6.07, 6.45) is -4.82. The number of anilines is 2. The molecule has 0 aromatic heterocycles. The van der Waals surface area contributed by atoms with Gasteiger partial charge >= 0.3 is 6.18 Å². The van der Waals surface area contributed by atoms with E-state index in [9.17, 15) is 22.2 Å². The van der Waals surface area contributed by atoms with Crippen molar-refractivity contribution in [2.75, 3.05) is 49.4 Å². The number of ether oxygens (including phenoxy) is 3. The molecule has 13 heteroatoms. The molecular formula is C25H26F3N3O6S. The lowest BCUT2D eigenvalue weighted by Gasteiger charge is -2.29. The molecule has 0 aliphatic carbocycles. The van der Waals surface area contributed by atoms with Crippen LogP contribution in [0, 0.1) is 11.3 Å². The second kappa shape index (κ2) is 12.4. The van der Waals surface area contributed by atoms with E-state index in [1.165, 1.54) is 17.0 Å². The van der Waals surface area contributed by atoms with Gasteiger partial charge in [0, 0.05) is 5.69 Å². The number of aliphatic hydroxyl groups is 1. The number of amides is 1. The molecule has 1 N–H and O–H groups in total. The molecule has 204 valence electrons. The highest BCUT2D eigenvalue weighted by molar-refractivity contribution is 7.67. The molecule has 1 saturated heterocycles. The van der Waals surface area contributed by atoms with Crippen molar-refractivity contribution < 1.29 is 41.5 Å². The molecule has 0 unspecified atom stereocenters. The average Bonchev–Trinajstić information content (AvgIpc) is 3.09. The van der Waals surface area contributed by atoms with Crippen molar-refractivity contribution in [2.45, 2.75) is 25.6 Å². The van der Waals surface area contributed by atoms with Gasteiger partial charge in [-0.25, -0.2) is 4.21 Å². The summed E-state index contributed by atoms with van der Waals surface area (Å²) >= 11 is -0.0224. The predicted octanol–water partition coefficient (Wildman–Crippen LogP) is 2.91. The van der Waals surface area contributed by atoms with Gasteiger partial charge in [-0.15, -0.1) is 0 Å². The highest BCUT2D eigenvalue weighted by Crippen LogP contribution is 2.39. The summed E-state index contributed by atoms with van der Waals surface area (Å²) in [5.41, 5.74) is -2.79. The first-order chi connectivity index (χ1) is 18.1. The van der Waals surface area contributed by atoms with Crippen LogP contribution < -0.4 is 14.5 Å². The molecule has 9 nitrogen and oxygen atoms in total. The van der Waals surface area contributed by atoms with Crippen LogP contribution in [-0.2, 0) is 31.7 Å². The zero-order valence-electron chi connectivity index (χ0n) is 20.7. The third-order valence-corrected chi connectivity index (χ3v) is 6.14. The first-order valence-electron chi connectivity index (χ1n) is 11.5. The summed E-state index contributed by atoms with van der Waals surface area (Å²) in [6, 6.07) is 10.9. The summed E-state index contributed by atoms with van der Waals surface area (Å²) in [6.45, 7) is 4.59. The number of carbonyl (C=O) groups excluding carboxylic acids is 1. The summed E-state index contributed by atoms with van der Waals surface area (Å²) in [4.78, 5) is 15.8. The SMILES string of the molecule is CC1(C)C(=O)N(c2ccc(C#N)c(C(F)(F)F)c2)C(=S=O)N1c1ccc(OCCOCCOCCO)cc1. The zero-order valence-corrected chi connectivity index (χ0v) is 21.5. The first kappa shape index (κ1) is 29.1. The van der Waals surface area contributed by atoms with Crippen molar-refractivity contribution in [2.24, 2.45) is 0 Å². The largest absolute Gasteiger partial charge is 0.491 e. The van der Waals surface area contributed by atoms with Crippen LogP contribution in [-0.4, -0.2) is 65.5 Å². The molecule has 3 rings (SSSR count). The molecule has 2 aromatic rings. The molecule has 2 aromatic carbocycles. The Kier molecular flexibility index (Phi) is 9.50. The number of rotatable bonds is 11. The summed E-state index contributed by atoms with van der Waals surface area (Å²) < 4.78 is 68.9. The van der Waals surface area contributed by atoms with Crippen LogP contribution in [0.25, 0.3) is 0 Å². The molecule has 38 heavy (non-hydrogen) atoms. The highest BCUT2D eigenvalue weighted by atomic mass is 32.1. The lowest BCUT2D eigenvalue weighted by molar-refractivity contribution is -0.137. The monoisotopic (exact) mass is 553 g/mol. The number of carbonyl (C=O) groups is 1. The molecule has 1 fully saturated rings. The molecule has 1 heterocycles. The molecule has 1 amide bonds.